The van der Waals surface area contributed by atoms with Crippen molar-refractivity contribution in [3.8, 4) is 0 Å². The minimum atomic E-state index is -0.684. The molecule has 4 heteroatoms. The molecule has 0 radical (unpaired) electrons. The van der Waals surface area contributed by atoms with Crippen LogP contribution in [0.1, 0.15) is 40.5 Å². The first-order valence-corrected chi connectivity index (χ1v) is 5.69. The molecule has 0 aromatic heterocycles. The number of rotatable bonds is 1. The van der Waals surface area contributed by atoms with E-state index in [2.05, 4.69) is 6.92 Å². The maximum Gasteiger partial charge on any atom is 0.434 e. The van der Waals surface area contributed by atoms with Crippen molar-refractivity contribution in [2.45, 2.75) is 52.2 Å². The molecular formula is C12H21NO3. The quantitative estimate of drug-likeness (QED) is 0.425. The highest BCUT2D eigenvalue weighted by atomic mass is 16.6. The molecule has 1 aliphatic carbocycles. The highest BCUT2D eigenvalue weighted by Crippen LogP contribution is 2.21. The predicted octanol–water partition coefficient (Wildman–Crippen LogP) is 2.97. The Morgan fingerprint density at radius 2 is 2.00 bits per heavy atom. The average molecular weight is 227 g/mol. The molecule has 0 aliphatic heterocycles. The largest absolute Gasteiger partial charge is 0.442 e. The highest BCUT2D eigenvalue weighted by molar-refractivity contribution is 5.67. The standard InChI is InChI=1S/C12H21NO3/c1-9-5-7-10(8-6-9)13(15)11(14)16-12(2,3)4/h5,7,9-10,15H,6,8H2,1-4H3/t9-,10-/m1/s1. The average Bonchev–Trinajstić information content (AvgIpc) is 2.15. The van der Waals surface area contributed by atoms with Crippen LogP contribution in [0.3, 0.4) is 0 Å². The molecule has 0 fully saturated rings. The number of amides is 1. The summed E-state index contributed by atoms with van der Waals surface area (Å²) in [6, 6.07) is -0.258. The Bertz CT molecular complexity index is 280. The van der Waals surface area contributed by atoms with E-state index in [1.807, 2.05) is 12.2 Å². The van der Waals surface area contributed by atoms with Gasteiger partial charge >= 0.3 is 6.09 Å². The zero-order valence-corrected chi connectivity index (χ0v) is 10.4. The Morgan fingerprint density at radius 1 is 1.38 bits per heavy atom. The van der Waals surface area contributed by atoms with Crippen LogP contribution in [0.5, 0.6) is 0 Å². The number of nitrogens with zero attached hydrogens (tertiary/aromatic N) is 1. The molecule has 0 spiro atoms. The van der Waals surface area contributed by atoms with Gasteiger partial charge in [-0.1, -0.05) is 19.1 Å². The molecule has 16 heavy (non-hydrogen) atoms. The van der Waals surface area contributed by atoms with Gasteiger partial charge in [0.05, 0.1) is 6.04 Å². The monoisotopic (exact) mass is 227 g/mol. The van der Waals surface area contributed by atoms with Gasteiger partial charge in [0.15, 0.2) is 0 Å². The molecule has 1 rings (SSSR count). The van der Waals surface area contributed by atoms with Gasteiger partial charge in [-0.2, -0.15) is 5.06 Å². The van der Waals surface area contributed by atoms with Gasteiger partial charge in [0.25, 0.3) is 0 Å². The Balaban J connectivity index is 2.54. The summed E-state index contributed by atoms with van der Waals surface area (Å²) in [5, 5.41) is 10.4. The predicted molar refractivity (Wildman–Crippen MR) is 61.2 cm³/mol. The van der Waals surface area contributed by atoms with E-state index in [0.29, 0.717) is 11.0 Å². The van der Waals surface area contributed by atoms with E-state index in [4.69, 9.17) is 4.74 Å². The number of ether oxygens (including phenoxy) is 1. The molecule has 0 saturated heterocycles. The molecule has 1 aliphatic rings. The Morgan fingerprint density at radius 3 is 2.44 bits per heavy atom. The molecule has 0 unspecified atom stereocenters. The zero-order chi connectivity index (χ0) is 12.3. The fraction of sp³-hybridized carbons (Fsp3) is 0.750. The first-order chi connectivity index (χ1) is 7.29. The van der Waals surface area contributed by atoms with Gasteiger partial charge in [-0.25, -0.2) is 4.79 Å². The van der Waals surface area contributed by atoms with E-state index in [1.54, 1.807) is 20.8 Å². The normalized spacial score (nSPS) is 25.3. The summed E-state index contributed by atoms with van der Waals surface area (Å²) >= 11 is 0. The lowest BCUT2D eigenvalue weighted by Gasteiger charge is -2.29. The van der Waals surface area contributed by atoms with Gasteiger partial charge in [-0.15, -0.1) is 0 Å². The van der Waals surface area contributed by atoms with E-state index in [1.165, 1.54) is 0 Å². The topological polar surface area (TPSA) is 49.8 Å². The van der Waals surface area contributed by atoms with E-state index < -0.39 is 11.7 Å². The molecule has 1 N–H and O–H groups in total. The fourth-order valence-electron chi connectivity index (χ4n) is 1.59. The smallest absolute Gasteiger partial charge is 0.434 e. The van der Waals surface area contributed by atoms with Crippen LogP contribution in [0.25, 0.3) is 0 Å². The third-order valence-electron chi connectivity index (χ3n) is 2.47. The third kappa shape index (κ3) is 3.85. The van der Waals surface area contributed by atoms with Gasteiger partial charge in [-0.05, 0) is 39.5 Å². The van der Waals surface area contributed by atoms with E-state index in [9.17, 15) is 10.0 Å². The van der Waals surface area contributed by atoms with Crippen LogP contribution in [0.15, 0.2) is 12.2 Å². The van der Waals surface area contributed by atoms with Crippen LogP contribution in [0.2, 0.25) is 0 Å². The summed E-state index contributed by atoms with van der Waals surface area (Å²) in [6.07, 6.45) is 4.94. The highest BCUT2D eigenvalue weighted by Gasteiger charge is 2.27. The van der Waals surface area contributed by atoms with Crippen LogP contribution in [0.4, 0.5) is 4.79 Å². The van der Waals surface area contributed by atoms with Gasteiger partial charge < -0.3 is 4.74 Å². The molecule has 4 nitrogen and oxygen atoms in total. The lowest BCUT2D eigenvalue weighted by Crippen LogP contribution is -2.41. The number of hydroxylamine groups is 2. The van der Waals surface area contributed by atoms with Crippen molar-refractivity contribution in [1.29, 1.82) is 0 Å². The molecule has 2 atom stereocenters. The molecule has 0 aromatic rings. The molecule has 0 saturated carbocycles. The van der Waals surface area contributed by atoms with Crippen molar-refractivity contribution in [2.24, 2.45) is 5.92 Å². The minimum Gasteiger partial charge on any atom is -0.442 e. The summed E-state index contributed by atoms with van der Waals surface area (Å²) in [7, 11) is 0. The first-order valence-electron chi connectivity index (χ1n) is 5.69. The van der Waals surface area contributed by atoms with E-state index >= 15 is 0 Å². The summed E-state index contributed by atoms with van der Waals surface area (Å²) in [6.45, 7) is 7.44. The number of hydrogen-bond acceptors (Lipinski definition) is 3. The second-order valence-electron chi connectivity index (χ2n) is 5.33. The zero-order valence-electron chi connectivity index (χ0n) is 10.4. The van der Waals surface area contributed by atoms with Gasteiger partial charge in [0.2, 0.25) is 0 Å². The maximum atomic E-state index is 11.6. The summed E-state index contributed by atoms with van der Waals surface area (Å²) in [4.78, 5) is 11.6. The molecule has 92 valence electrons. The summed E-state index contributed by atoms with van der Waals surface area (Å²) < 4.78 is 5.08. The SMILES string of the molecule is C[C@@H]1C=C[C@@H](N(O)C(=O)OC(C)(C)C)CC1. The number of carbonyl (C=O) groups is 1. The second-order valence-corrected chi connectivity index (χ2v) is 5.33. The second kappa shape index (κ2) is 4.87. The number of hydrogen-bond donors (Lipinski definition) is 1. The van der Waals surface area contributed by atoms with Crippen LogP contribution < -0.4 is 0 Å². The van der Waals surface area contributed by atoms with Gasteiger partial charge in [-0.3, -0.25) is 5.21 Å². The van der Waals surface area contributed by atoms with E-state index in [0.717, 1.165) is 12.8 Å². The van der Waals surface area contributed by atoms with Crippen molar-refractivity contribution in [1.82, 2.24) is 5.06 Å². The molecular weight excluding hydrogens is 206 g/mol. The van der Waals surface area contributed by atoms with Gasteiger partial charge in [0, 0.05) is 0 Å². The minimum absolute atomic E-state index is 0.258. The molecule has 0 bridgehead atoms. The number of allylic oxidation sites excluding steroid dienone is 1. The number of carbonyl (C=O) groups excluding carboxylic acids is 1. The van der Waals surface area contributed by atoms with Crippen molar-refractivity contribution in [3.05, 3.63) is 12.2 Å². The lowest BCUT2D eigenvalue weighted by molar-refractivity contribution is -0.112. The van der Waals surface area contributed by atoms with Gasteiger partial charge in [0.1, 0.15) is 5.60 Å². The third-order valence-corrected chi connectivity index (χ3v) is 2.47. The summed E-state index contributed by atoms with van der Waals surface area (Å²) in [5.41, 5.74) is -0.580. The Hall–Kier alpha value is -1.03. The Labute approximate surface area is 96.8 Å². The van der Waals surface area contributed by atoms with Crippen LogP contribution >= 0.6 is 0 Å². The van der Waals surface area contributed by atoms with Crippen molar-refractivity contribution in [3.63, 3.8) is 0 Å². The summed E-state index contributed by atoms with van der Waals surface area (Å²) in [5.74, 6) is 0.517. The van der Waals surface area contributed by atoms with E-state index in [-0.39, 0.29) is 6.04 Å². The van der Waals surface area contributed by atoms with Crippen molar-refractivity contribution in [2.75, 3.05) is 0 Å². The fourth-order valence-corrected chi connectivity index (χ4v) is 1.59. The van der Waals surface area contributed by atoms with Crippen LogP contribution in [0, 0.1) is 5.92 Å². The first kappa shape index (κ1) is 13.0. The molecule has 0 heterocycles. The lowest BCUT2D eigenvalue weighted by atomic mass is 9.94. The van der Waals surface area contributed by atoms with Crippen LogP contribution in [-0.2, 0) is 4.74 Å². The van der Waals surface area contributed by atoms with Crippen molar-refractivity contribution < 1.29 is 14.7 Å². The molecule has 1 amide bonds. The molecule has 0 aromatic carbocycles. The van der Waals surface area contributed by atoms with Crippen molar-refractivity contribution >= 4 is 6.09 Å². The Kier molecular flexibility index (Phi) is 3.97. The maximum absolute atomic E-state index is 11.6. The van der Waals surface area contributed by atoms with Crippen LogP contribution in [-0.4, -0.2) is 28.0 Å².